The molecule has 0 spiro atoms. The smallest absolute Gasteiger partial charge is 0.152 e. The van der Waals surface area contributed by atoms with Gasteiger partial charge in [-0.3, -0.25) is 4.40 Å². The third kappa shape index (κ3) is 4.04. The molecular weight excluding hydrogens is 398 g/mol. The van der Waals surface area contributed by atoms with Crippen LogP contribution in [0.1, 0.15) is 17.0 Å². The highest BCUT2D eigenvalue weighted by Gasteiger charge is 2.16. The highest BCUT2D eigenvalue weighted by molar-refractivity contribution is 7.80. The summed E-state index contributed by atoms with van der Waals surface area (Å²) in [6, 6.07) is 15.5. The van der Waals surface area contributed by atoms with E-state index in [-0.39, 0.29) is 4.99 Å². The van der Waals surface area contributed by atoms with Crippen molar-refractivity contribution in [2.45, 2.75) is 13.5 Å². The van der Waals surface area contributed by atoms with E-state index in [9.17, 15) is 0 Å². The van der Waals surface area contributed by atoms with E-state index in [1.54, 1.807) is 13.3 Å². The van der Waals surface area contributed by atoms with Gasteiger partial charge in [-0.05, 0) is 12.5 Å². The van der Waals surface area contributed by atoms with E-state index >= 15 is 0 Å². The Balaban J connectivity index is 1.67. The van der Waals surface area contributed by atoms with Gasteiger partial charge in [-0.25, -0.2) is 9.97 Å². The molecule has 152 valence electrons. The minimum absolute atomic E-state index is 0.213. The molecule has 0 atom stereocenters. The standard InChI is InChI=1S/C22H21N5O2S/c1-14-25-21(19(20(23)30)22-24-8-9-27(14)22)26-16-10-17(28-2)12-18(11-16)29-13-15-6-4-3-5-7-15/h3-12,26H,13H2,1-2H3,(H2,23,30). The predicted molar refractivity (Wildman–Crippen MR) is 121 cm³/mol. The second-order valence-electron chi connectivity index (χ2n) is 6.66. The van der Waals surface area contributed by atoms with Crippen molar-refractivity contribution < 1.29 is 9.47 Å². The van der Waals surface area contributed by atoms with Gasteiger partial charge < -0.3 is 20.5 Å². The molecule has 0 aliphatic rings. The molecule has 0 aliphatic carbocycles. The van der Waals surface area contributed by atoms with E-state index in [0.29, 0.717) is 35.1 Å². The van der Waals surface area contributed by atoms with Crippen LogP contribution >= 0.6 is 12.2 Å². The number of hydrogen-bond acceptors (Lipinski definition) is 6. The molecule has 4 aromatic rings. The molecule has 2 aromatic carbocycles. The first-order chi connectivity index (χ1) is 14.5. The molecule has 0 fully saturated rings. The van der Waals surface area contributed by atoms with Crippen LogP contribution in [-0.2, 0) is 6.61 Å². The summed E-state index contributed by atoms with van der Waals surface area (Å²) < 4.78 is 13.2. The molecular formula is C22H21N5O2S. The minimum atomic E-state index is 0.213. The van der Waals surface area contributed by atoms with Gasteiger partial charge in [0.1, 0.15) is 34.7 Å². The largest absolute Gasteiger partial charge is 0.497 e. The van der Waals surface area contributed by atoms with Crippen molar-refractivity contribution in [1.29, 1.82) is 0 Å². The van der Waals surface area contributed by atoms with Crippen LogP contribution in [0.25, 0.3) is 5.65 Å². The molecule has 0 unspecified atom stereocenters. The summed E-state index contributed by atoms with van der Waals surface area (Å²) in [5, 5.41) is 3.30. The number of fused-ring (bicyclic) bond motifs is 1. The van der Waals surface area contributed by atoms with Crippen LogP contribution < -0.4 is 20.5 Å². The van der Waals surface area contributed by atoms with E-state index in [2.05, 4.69) is 15.3 Å². The number of nitrogens with one attached hydrogen (secondary N) is 1. The maximum atomic E-state index is 5.99. The molecule has 0 aliphatic heterocycles. The average Bonchev–Trinajstić information content (AvgIpc) is 3.23. The normalized spacial score (nSPS) is 10.7. The van der Waals surface area contributed by atoms with E-state index in [1.165, 1.54) is 0 Å². The van der Waals surface area contributed by atoms with Gasteiger partial charge in [-0.2, -0.15) is 0 Å². The molecule has 4 rings (SSSR count). The zero-order chi connectivity index (χ0) is 21.1. The Kier molecular flexibility index (Phi) is 5.49. The lowest BCUT2D eigenvalue weighted by Crippen LogP contribution is -2.16. The van der Waals surface area contributed by atoms with Crippen molar-refractivity contribution in [1.82, 2.24) is 14.4 Å². The first kappa shape index (κ1) is 19.7. The van der Waals surface area contributed by atoms with Crippen molar-refractivity contribution in [2.24, 2.45) is 5.73 Å². The summed E-state index contributed by atoms with van der Waals surface area (Å²) in [6.45, 7) is 2.34. The molecule has 2 aromatic heterocycles. The number of methoxy groups -OCH3 is 1. The van der Waals surface area contributed by atoms with Gasteiger partial charge >= 0.3 is 0 Å². The summed E-state index contributed by atoms with van der Waals surface area (Å²) >= 11 is 5.27. The molecule has 0 amide bonds. The molecule has 0 radical (unpaired) electrons. The maximum Gasteiger partial charge on any atom is 0.152 e. The van der Waals surface area contributed by atoms with Crippen molar-refractivity contribution in [3.63, 3.8) is 0 Å². The molecule has 0 saturated heterocycles. The van der Waals surface area contributed by atoms with Crippen LogP contribution in [-0.4, -0.2) is 26.5 Å². The fourth-order valence-electron chi connectivity index (χ4n) is 3.17. The quantitative estimate of drug-likeness (QED) is 0.438. The number of thiocarbonyl (C=S) groups is 1. The monoisotopic (exact) mass is 419 g/mol. The Hall–Kier alpha value is -3.65. The third-order valence-electron chi connectivity index (χ3n) is 4.60. The Morgan fingerprint density at radius 1 is 1.17 bits per heavy atom. The predicted octanol–water partition coefficient (Wildman–Crippen LogP) is 4.00. The Morgan fingerprint density at radius 3 is 2.67 bits per heavy atom. The number of nitrogens with zero attached hydrogens (tertiary/aromatic N) is 3. The first-order valence-electron chi connectivity index (χ1n) is 9.31. The number of anilines is 2. The van der Waals surface area contributed by atoms with E-state index in [0.717, 1.165) is 17.1 Å². The number of aryl methyl sites for hydroxylation is 1. The zero-order valence-electron chi connectivity index (χ0n) is 16.6. The minimum Gasteiger partial charge on any atom is -0.497 e. The van der Waals surface area contributed by atoms with Gasteiger partial charge in [0.05, 0.1) is 12.7 Å². The SMILES string of the molecule is COc1cc(Nc2nc(C)n3ccnc3c2C(N)=S)cc(OCc2ccccc2)c1. The Morgan fingerprint density at radius 2 is 1.93 bits per heavy atom. The van der Waals surface area contributed by atoms with Crippen LogP contribution in [0.3, 0.4) is 0 Å². The molecule has 0 bridgehead atoms. The van der Waals surface area contributed by atoms with Crippen molar-refractivity contribution in [3.05, 3.63) is 77.9 Å². The topological polar surface area (TPSA) is 86.7 Å². The van der Waals surface area contributed by atoms with Gasteiger partial charge in [0, 0.05) is 36.3 Å². The van der Waals surface area contributed by atoms with E-state index in [4.69, 9.17) is 27.4 Å². The molecule has 8 heteroatoms. The van der Waals surface area contributed by atoms with Crippen molar-refractivity contribution in [3.8, 4) is 11.5 Å². The second kappa shape index (κ2) is 8.38. The molecule has 2 heterocycles. The molecule has 30 heavy (non-hydrogen) atoms. The van der Waals surface area contributed by atoms with Gasteiger partial charge in [0.2, 0.25) is 0 Å². The number of imidazole rings is 1. The fourth-order valence-corrected chi connectivity index (χ4v) is 3.36. The van der Waals surface area contributed by atoms with Gasteiger partial charge in [0.15, 0.2) is 5.65 Å². The molecule has 0 saturated carbocycles. The molecule has 7 nitrogen and oxygen atoms in total. The summed E-state index contributed by atoms with van der Waals surface area (Å²) in [5.41, 5.74) is 9.03. The number of hydrogen-bond donors (Lipinski definition) is 2. The van der Waals surface area contributed by atoms with Crippen molar-refractivity contribution in [2.75, 3.05) is 12.4 Å². The van der Waals surface area contributed by atoms with Crippen LogP contribution in [0.5, 0.6) is 11.5 Å². The summed E-state index contributed by atoms with van der Waals surface area (Å²) in [6.07, 6.45) is 3.51. The van der Waals surface area contributed by atoms with Crippen LogP contribution in [0.4, 0.5) is 11.5 Å². The highest BCUT2D eigenvalue weighted by Crippen LogP contribution is 2.30. The van der Waals surface area contributed by atoms with E-state index in [1.807, 2.05) is 66.1 Å². The number of benzene rings is 2. The fraction of sp³-hybridized carbons (Fsp3) is 0.136. The van der Waals surface area contributed by atoms with Crippen molar-refractivity contribution >= 4 is 34.4 Å². The highest BCUT2D eigenvalue weighted by atomic mass is 32.1. The second-order valence-corrected chi connectivity index (χ2v) is 7.10. The average molecular weight is 420 g/mol. The number of rotatable bonds is 7. The van der Waals surface area contributed by atoms with Gasteiger partial charge in [0.25, 0.3) is 0 Å². The molecule has 3 N–H and O–H groups in total. The Labute approximate surface area is 179 Å². The van der Waals surface area contributed by atoms with Gasteiger partial charge in [-0.15, -0.1) is 0 Å². The summed E-state index contributed by atoms with van der Waals surface area (Å²) in [7, 11) is 1.61. The van der Waals surface area contributed by atoms with Crippen LogP contribution in [0.2, 0.25) is 0 Å². The number of nitrogens with two attached hydrogens (primary N) is 1. The van der Waals surface area contributed by atoms with E-state index < -0.39 is 0 Å². The lowest BCUT2D eigenvalue weighted by molar-refractivity contribution is 0.304. The number of ether oxygens (including phenoxy) is 2. The summed E-state index contributed by atoms with van der Waals surface area (Å²) in [5.74, 6) is 2.60. The summed E-state index contributed by atoms with van der Waals surface area (Å²) in [4.78, 5) is 9.23. The number of aromatic nitrogens is 3. The van der Waals surface area contributed by atoms with Crippen LogP contribution in [0, 0.1) is 6.92 Å². The van der Waals surface area contributed by atoms with Crippen LogP contribution in [0.15, 0.2) is 60.9 Å². The third-order valence-corrected chi connectivity index (χ3v) is 4.80. The first-order valence-corrected chi connectivity index (χ1v) is 9.72. The Bertz CT molecular complexity index is 1210. The van der Waals surface area contributed by atoms with Gasteiger partial charge in [-0.1, -0.05) is 42.5 Å². The lowest BCUT2D eigenvalue weighted by Gasteiger charge is -2.15. The zero-order valence-corrected chi connectivity index (χ0v) is 17.4. The lowest BCUT2D eigenvalue weighted by atomic mass is 10.2. The maximum absolute atomic E-state index is 5.99.